The number of hydrogen-bond acceptors (Lipinski definition) is 11. The van der Waals surface area contributed by atoms with Crippen LogP contribution >= 0.6 is 34.5 Å². The van der Waals surface area contributed by atoms with Gasteiger partial charge < -0.3 is 9.47 Å². The fourth-order valence-electron chi connectivity index (χ4n) is 7.63. The van der Waals surface area contributed by atoms with Crippen LogP contribution in [0.15, 0.2) is 45.1 Å². The second kappa shape index (κ2) is 19.6. The average molecular weight is 887 g/mol. The zero-order chi connectivity index (χ0) is 40.9. The van der Waals surface area contributed by atoms with E-state index in [1.165, 1.54) is 38.5 Å². The summed E-state index contributed by atoms with van der Waals surface area (Å²) < 4.78 is 74.2. The maximum Gasteiger partial charge on any atom is 0.244 e. The van der Waals surface area contributed by atoms with Crippen LogP contribution in [0.5, 0.6) is 0 Å². The van der Waals surface area contributed by atoms with Gasteiger partial charge in [0.1, 0.15) is 14.8 Å². The number of aromatic nitrogens is 2. The van der Waals surface area contributed by atoms with Gasteiger partial charge in [-0.25, -0.2) is 21.5 Å². The second-order valence-corrected chi connectivity index (χ2v) is 21.0. The molecule has 6 rings (SSSR count). The van der Waals surface area contributed by atoms with Gasteiger partial charge in [0.25, 0.3) is 0 Å². The molecule has 0 N–H and O–H groups in total. The lowest BCUT2D eigenvalue weighted by Crippen LogP contribution is -2.45. The molecule has 3 fully saturated rings. The van der Waals surface area contributed by atoms with Gasteiger partial charge >= 0.3 is 0 Å². The predicted molar refractivity (Wildman–Crippen MR) is 227 cm³/mol. The van der Waals surface area contributed by atoms with E-state index >= 15 is 0 Å². The smallest absolute Gasteiger partial charge is 0.244 e. The Hall–Kier alpha value is -1.96. The summed E-state index contributed by atoms with van der Waals surface area (Å²) in [7, 11) is -6.44. The van der Waals surface area contributed by atoms with Crippen LogP contribution in [0, 0.1) is 0 Å². The first kappa shape index (κ1) is 44.6. The Morgan fingerprint density at radius 2 is 1.32 bits per heavy atom. The molecular formula is C39H57Cl2N7O6S3. The highest BCUT2D eigenvalue weighted by Gasteiger charge is 2.34. The van der Waals surface area contributed by atoms with Crippen LogP contribution in [0.1, 0.15) is 59.8 Å². The maximum atomic E-state index is 14.8. The lowest BCUT2D eigenvalue weighted by Gasteiger charge is -2.32. The summed E-state index contributed by atoms with van der Waals surface area (Å²) in [5.41, 5.74) is 1.30. The molecule has 3 aliphatic rings. The molecule has 0 spiro atoms. The molecular weight excluding hydrogens is 830 g/mol. The summed E-state index contributed by atoms with van der Waals surface area (Å²) in [5, 5.41) is 5.44. The van der Waals surface area contributed by atoms with Gasteiger partial charge in [-0.1, -0.05) is 59.9 Å². The van der Waals surface area contributed by atoms with Gasteiger partial charge in [-0.2, -0.15) is 13.7 Å². The molecule has 0 bridgehead atoms. The molecule has 3 aromatic rings. The van der Waals surface area contributed by atoms with Crippen molar-refractivity contribution in [1.29, 1.82) is 0 Å². The third-order valence-electron chi connectivity index (χ3n) is 10.9. The van der Waals surface area contributed by atoms with E-state index in [4.69, 9.17) is 42.8 Å². The Labute approximate surface area is 352 Å². The van der Waals surface area contributed by atoms with Gasteiger partial charge in [-0.3, -0.25) is 14.8 Å². The monoisotopic (exact) mass is 885 g/mol. The summed E-state index contributed by atoms with van der Waals surface area (Å²) >= 11 is 15.3. The van der Waals surface area contributed by atoms with Gasteiger partial charge in [0.2, 0.25) is 24.8 Å². The number of rotatable bonds is 15. The van der Waals surface area contributed by atoms with E-state index in [2.05, 4.69) is 9.80 Å². The second-order valence-electron chi connectivity index (χ2n) is 15.5. The van der Waals surface area contributed by atoms with E-state index in [-0.39, 0.29) is 51.1 Å². The summed E-state index contributed by atoms with van der Waals surface area (Å²) in [6.45, 7) is 14.3. The number of halogens is 2. The topological polar surface area (TPSA) is 130 Å². The van der Waals surface area contributed by atoms with E-state index in [1.54, 1.807) is 22.9 Å². The minimum absolute atomic E-state index is 0.0116. The standard InChI is InChI=1S/C39H57Cl2N7O6S3/c1-28(2)47(15-13-45-17-21-53-22-18-45)56(49,50)35-26-30(11-12-34(35)40)33-25-31(38-43-44(5)39(55-38)42-32-9-7-6-8-10-32)27-36(37(33)41)57(51,52)48(29(3)4)16-14-46-19-23-54-24-20-46/h11-12,25-29,32H,6-10,13-24H2,1-5H3. The molecule has 13 nitrogen and oxygen atoms in total. The molecule has 18 heteroatoms. The van der Waals surface area contributed by atoms with Crippen LogP contribution in [0.3, 0.4) is 0 Å². The van der Waals surface area contributed by atoms with Gasteiger partial charge in [0.15, 0.2) is 0 Å². The molecule has 0 atom stereocenters. The molecule has 1 saturated carbocycles. The Balaban J connectivity index is 1.44. The van der Waals surface area contributed by atoms with Crippen LogP contribution in [0.25, 0.3) is 21.7 Å². The van der Waals surface area contributed by atoms with E-state index < -0.39 is 20.0 Å². The van der Waals surface area contributed by atoms with Crippen LogP contribution in [0.4, 0.5) is 0 Å². The van der Waals surface area contributed by atoms with Crippen molar-refractivity contribution >= 4 is 54.6 Å². The first-order valence-corrected chi connectivity index (χ1v) is 24.5. The summed E-state index contributed by atoms with van der Waals surface area (Å²) in [4.78, 5) is 10.0. The minimum Gasteiger partial charge on any atom is -0.379 e. The molecule has 3 heterocycles. The van der Waals surface area contributed by atoms with E-state index in [0.717, 1.165) is 56.7 Å². The highest BCUT2D eigenvalue weighted by molar-refractivity contribution is 7.89. The lowest BCUT2D eigenvalue weighted by atomic mass is 9.96. The number of ether oxygens (including phenoxy) is 2. The van der Waals surface area contributed by atoms with Crippen LogP contribution in [-0.2, 0) is 36.6 Å². The molecule has 0 amide bonds. The fraction of sp³-hybridized carbons (Fsp3) is 0.641. The molecule has 0 radical (unpaired) electrons. The van der Waals surface area contributed by atoms with Crippen molar-refractivity contribution in [3.05, 3.63) is 45.2 Å². The lowest BCUT2D eigenvalue weighted by molar-refractivity contribution is 0.0356. The Kier molecular flexibility index (Phi) is 15.3. The number of hydrogen-bond donors (Lipinski definition) is 0. The average Bonchev–Trinajstić information content (AvgIpc) is 3.55. The zero-order valence-electron chi connectivity index (χ0n) is 33.7. The molecule has 1 aromatic heterocycles. The first-order valence-electron chi connectivity index (χ1n) is 20.0. The summed E-state index contributed by atoms with van der Waals surface area (Å²) in [5.74, 6) is 0. The Morgan fingerprint density at radius 3 is 1.86 bits per heavy atom. The Bertz CT molecular complexity index is 2130. The molecule has 316 valence electrons. The number of sulfonamides is 2. The van der Waals surface area contributed by atoms with Crippen LogP contribution in [0.2, 0.25) is 10.0 Å². The van der Waals surface area contributed by atoms with E-state index in [9.17, 15) is 16.8 Å². The van der Waals surface area contributed by atoms with Crippen molar-refractivity contribution in [2.45, 2.75) is 87.7 Å². The van der Waals surface area contributed by atoms with Crippen molar-refractivity contribution in [3.63, 3.8) is 0 Å². The van der Waals surface area contributed by atoms with Gasteiger partial charge in [-0.05, 0) is 70.4 Å². The van der Waals surface area contributed by atoms with Gasteiger partial charge in [0, 0.05) is 82.6 Å². The van der Waals surface area contributed by atoms with Crippen molar-refractivity contribution in [2.75, 3.05) is 78.8 Å². The number of aryl methyl sites for hydroxylation is 1. The van der Waals surface area contributed by atoms with Crippen LogP contribution < -0.4 is 4.80 Å². The van der Waals surface area contributed by atoms with Crippen molar-refractivity contribution in [1.82, 2.24) is 28.2 Å². The fourth-order valence-corrected chi connectivity index (χ4v) is 13.0. The minimum atomic E-state index is -4.18. The number of benzene rings is 2. The highest BCUT2D eigenvalue weighted by Crippen LogP contribution is 2.41. The van der Waals surface area contributed by atoms with E-state index in [0.29, 0.717) is 61.2 Å². The third kappa shape index (κ3) is 10.7. The first-order chi connectivity index (χ1) is 27.2. The normalized spacial score (nSPS) is 18.8. The predicted octanol–water partition coefficient (Wildman–Crippen LogP) is 5.82. The largest absolute Gasteiger partial charge is 0.379 e. The third-order valence-corrected chi connectivity index (χ3v) is 17.1. The van der Waals surface area contributed by atoms with Gasteiger partial charge in [0.05, 0.1) is 42.5 Å². The molecule has 2 aromatic carbocycles. The molecule has 2 saturated heterocycles. The summed E-state index contributed by atoms with van der Waals surface area (Å²) in [6.07, 6.45) is 5.56. The zero-order valence-corrected chi connectivity index (χ0v) is 37.7. The highest BCUT2D eigenvalue weighted by atomic mass is 35.5. The SMILES string of the molecule is CC(C)N(CCN1CCOCC1)S(=O)(=O)c1cc(-c2cc(-c3nn(C)c(=NC4CCCCC4)s3)cc(S(=O)(=O)N(CCN3CCOCC3)C(C)C)c2Cl)ccc1Cl. The quantitative estimate of drug-likeness (QED) is 0.186. The van der Waals surface area contributed by atoms with Crippen LogP contribution in [-0.4, -0.2) is 142 Å². The number of nitrogens with zero attached hydrogens (tertiary/aromatic N) is 7. The Morgan fingerprint density at radius 1 is 0.789 bits per heavy atom. The van der Waals surface area contributed by atoms with Gasteiger partial charge in [-0.15, -0.1) is 0 Å². The molecule has 1 aliphatic carbocycles. The maximum absolute atomic E-state index is 14.8. The number of morpholine rings is 2. The summed E-state index contributed by atoms with van der Waals surface area (Å²) in [6, 6.07) is 7.60. The molecule has 2 aliphatic heterocycles. The molecule has 0 unspecified atom stereocenters. The van der Waals surface area contributed by atoms with E-state index in [1.807, 2.05) is 34.7 Å². The van der Waals surface area contributed by atoms with Crippen molar-refractivity contribution in [2.24, 2.45) is 12.0 Å². The molecule has 57 heavy (non-hydrogen) atoms. The van der Waals surface area contributed by atoms with Crippen molar-refractivity contribution in [3.8, 4) is 21.7 Å². The van der Waals surface area contributed by atoms with Crippen molar-refractivity contribution < 1.29 is 26.3 Å².